The van der Waals surface area contributed by atoms with E-state index in [4.69, 9.17) is 4.74 Å². The van der Waals surface area contributed by atoms with E-state index >= 15 is 0 Å². The Kier molecular flexibility index (Phi) is 4.37. The number of esters is 1. The van der Waals surface area contributed by atoms with E-state index in [-0.39, 0.29) is 5.75 Å². The number of aromatic hydroxyl groups is 1. The minimum atomic E-state index is -0.455. The molecule has 2 aromatic rings. The fourth-order valence-electron chi connectivity index (χ4n) is 1.85. The number of rotatable bonds is 4. The van der Waals surface area contributed by atoms with Gasteiger partial charge in [0.2, 0.25) is 0 Å². The Labute approximate surface area is 123 Å². The number of carbonyl (C=O) groups excluding carboxylic acids is 1. The predicted molar refractivity (Wildman–Crippen MR) is 79.4 cm³/mol. The van der Waals surface area contributed by atoms with E-state index in [0.717, 1.165) is 0 Å². The minimum Gasteiger partial charge on any atom is -0.508 e. The van der Waals surface area contributed by atoms with Gasteiger partial charge in [-0.15, -0.1) is 0 Å². The highest BCUT2D eigenvalue weighted by molar-refractivity contribution is 5.94. The molecule has 0 atom stereocenters. The fraction of sp³-hybridized carbons (Fsp3) is 0.267. The molecular weight excluding hydrogens is 270 g/mol. The van der Waals surface area contributed by atoms with Crippen molar-refractivity contribution in [3.05, 3.63) is 36.0 Å². The molecule has 0 saturated heterocycles. The van der Waals surface area contributed by atoms with E-state index in [1.165, 1.54) is 6.20 Å². The summed E-state index contributed by atoms with van der Waals surface area (Å²) in [7, 11) is 3.58. The van der Waals surface area contributed by atoms with Crippen LogP contribution in [-0.2, 0) is 4.74 Å². The van der Waals surface area contributed by atoms with Crippen LogP contribution in [0.4, 0.5) is 5.82 Å². The predicted octanol–water partition coefficient (Wildman–Crippen LogP) is 2.09. The largest absolute Gasteiger partial charge is 0.508 e. The molecule has 6 nitrogen and oxygen atoms in total. The molecule has 0 amide bonds. The van der Waals surface area contributed by atoms with Gasteiger partial charge in [-0.05, 0) is 19.1 Å². The van der Waals surface area contributed by atoms with Gasteiger partial charge in [0.25, 0.3) is 0 Å². The highest BCUT2D eigenvalue weighted by atomic mass is 16.5. The monoisotopic (exact) mass is 287 g/mol. The summed E-state index contributed by atoms with van der Waals surface area (Å²) in [6.45, 7) is 2.04. The molecular formula is C15H17N3O3. The summed E-state index contributed by atoms with van der Waals surface area (Å²) in [5.41, 5.74) is 0.985. The first-order valence-electron chi connectivity index (χ1n) is 6.53. The Morgan fingerprint density at radius 1 is 1.38 bits per heavy atom. The van der Waals surface area contributed by atoms with Crippen molar-refractivity contribution in [2.45, 2.75) is 6.92 Å². The lowest BCUT2D eigenvalue weighted by molar-refractivity contribution is 0.0526. The molecule has 0 aliphatic carbocycles. The molecule has 0 saturated carbocycles. The number of phenols is 1. The van der Waals surface area contributed by atoms with E-state index in [1.54, 1.807) is 50.2 Å². The van der Waals surface area contributed by atoms with Crippen LogP contribution in [0.2, 0.25) is 0 Å². The summed E-state index contributed by atoms with van der Waals surface area (Å²) < 4.78 is 5.00. The van der Waals surface area contributed by atoms with Gasteiger partial charge in [0.05, 0.1) is 6.61 Å². The Morgan fingerprint density at radius 2 is 2.14 bits per heavy atom. The van der Waals surface area contributed by atoms with E-state index in [9.17, 15) is 9.90 Å². The molecule has 0 spiro atoms. The number of nitrogens with zero attached hydrogens (tertiary/aromatic N) is 3. The summed E-state index contributed by atoms with van der Waals surface area (Å²) in [6.07, 6.45) is 1.44. The third kappa shape index (κ3) is 3.28. The summed E-state index contributed by atoms with van der Waals surface area (Å²) in [4.78, 5) is 22.2. The maximum atomic E-state index is 11.9. The maximum absolute atomic E-state index is 11.9. The van der Waals surface area contributed by atoms with Gasteiger partial charge in [0, 0.05) is 25.9 Å². The van der Waals surface area contributed by atoms with Crippen molar-refractivity contribution in [1.29, 1.82) is 0 Å². The van der Waals surface area contributed by atoms with Crippen molar-refractivity contribution in [3.63, 3.8) is 0 Å². The normalized spacial score (nSPS) is 10.2. The average molecular weight is 287 g/mol. The van der Waals surface area contributed by atoms with Gasteiger partial charge in [-0.25, -0.2) is 14.8 Å². The maximum Gasteiger partial charge on any atom is 0.343 e. The van der Waals surface area contributed by atoms with Crippen LogP contribution < -0.4 is 4.90 Å². The average Bonchev–Trinajstić information content (AvgIpc) is 2.46. The molecule has 1 aromatic carbocycles. The van der Waals surface area contributed by atoms with Gasteiger partial charge in [-0.2, -0.15) is 0 Å². The molecule has 0 fully saturated rings. The molecule has 110 valence electrons. The fourth-order valence-corrected chi connectivity index (χ4v) is 1.85. The molecule has 0 radical (unpaired) electrons. The molecule has 0 aliphatic heterocycles. The van der Waals surface area contributed by atoms with Crippen molar-refractivity contribution >= 4 is 11.8 Å². The number of ether oxygens (including phenoxy) is 1. The van der Waals surface area contributed by atoms with Crippen molar-refractivity contribution in [2.24, 2.45) is 0 Å². The van der Waals surface area contributed by atoms with Crippen LogP contribution in [0, 0.1) is 0 Å². The van der Waals surface area contributed by atoms with E-state index < -0.39 is 5.97 Å². The second kappa shape index (κ2) is 6.21. The third-order valence-corrected chi connectivity index (χ3v) is 2.79. The Morgan fingerprint density at radius 3 is 2.76 bits per heavy atom. The minimum absolute atomic E-state index is 0.136. The summed E-state index contributed by atoms with van der Waals surface area (Å²) >= 11 is 0. The third-order valence-electron chi connectivity index (χ3n) is 2.79. The first kappa shape index (κ1) is 14.8. The van der Waals surface area contributed by atoms with Gasteiger partial charge in [-0.1, -0.05) is 12.1 Å². The second-order valence-corrected chi connectivity index (χ2v) is 4.60. The van der Waals surface area contributed by atoms with E-state index in [2.05, 4.69) is 9.97 Å². The molecule has 1 heterocycles. The van der Waals surface area contributed by atoms with Gasteiger partial charge >= 0.3 is 5.97 Å². The van der Waals surface area contributed by atoms with Crippen LogP contribution in [-0.4, -0.2) is 41.7 Å². The lowest BCUT2D eigenvalue weighted by atomic mass is 10.2. The summed E-state index contributed by atoms with van der Waals surface area (Å²) in [6, 6.07) is 6.64. The van der Waals surface area contributed by atoms with Crippen LogP contribution in [0.5, 0.6) is 5.75 Å². The summed E-state index contributed by atoms with van der Waals surface area (Å²) in [5, 5.41) is 9.53. The first-order chi connectivity index (χ1) is 10.0. The van der Waals surface area contributed by atoms with E-state index in [1.807, 2.05) is 0 Å². The number of phenolic OH excluding ortho intramolecular Hbond substituents is 1. The Balaban J connectivity index is 2.48. The molecule has 1 N–H and O–H groups in total. The van der Waals surface area contributed by atoms with Gasteiger partial charge < -0.3 is 14.7 Å². The molecule has 0 aliphatic rings. The van der Waals surface area contributed by atoms with Gasteiger partial charge in [-0.3, -0.25) is 0 Å². The van der Waals surface area contributed by atoms with Crippen molar-refractivity contribution in [1.82, 2.24) is 9.97 Å². The zero-order chi connectivity index (χ0) is 15.4. The van der Waals surface area contributed by atoms with Crippen LogP contribution in [0.15, 0.2) is 30.5 Å². The van der Waals surface area contributed by atoms with Crippen molar-refractivity contribution < 1.29 is 14.6 Å². The van der Waals surface area contributed by atoms with Crippen LogP contribution >= 0.6 is 0 Å². The lowest BCUT2D eigenvalue weighted by Crippen LogP contribution is -2.18. The zero-order valence-corrected chi connectivity index (χ0v) is 12.2. The number of benzene rings is 1. The Bertz CT molecular complexity index is 656. The number of aromatic nitrogens is 2. The Hall–Kier alpha value is -2.63. The van der Waals surface area contributed by atoms with Gasteiger partial charge in [0.1, 0.15) is 17.1 Å². The molecule has 0 unspecified atom stereocenters. The smallest absolute Gasteiger partial charge is 0.343 e. The highest BCUT2D eigenvalue weighted by Gasteiger charge is 2.18. The van der Waals surface area contributed by atoms with Crippen LogP contribution in [0.3, 0.4) is 0 Å². The molecule has 21 heavy (non-hydrogen) atoms. The van der Waals surface area contributed by atoms with Crippen molar-refractivity contribution in [3.8, 4) is 17.1 Å². The number of hydrogen-bond acceptors (Lipinski definition) is 6. The SMILES string of the molecule is CCOC(=O)c1cnc(-c2cccc(O)c2)nc1N(C)C. The molecule has 6 heteroatoms. The quantitative estimate of drug-likeness (QED) is 0.868. The molecule has 2 rings (SSSR count). The van der Waals surface area contributed by atoms with E-state index in [0.29, 0.717) is 29.4 Å². The van der Waals surface area contributed by atoms with Gasteiger partial charge in [0.15, 0.2) is 5.82 Å². The number of carbonyl (C=O) groups is 1. The molecule has 1 aromatic heterocycles. The number of anilines is 1. The van der Waals surface area contributed by atoms with Crippen molar-refractivity contribution in [2.75, 3.05) is 25.6 Å². The summed E-state index contributed by atoms with van der Waals surface area (Å²) in [5.74, 6) is 0.588. The molecule has 0 bridgehead atoms. The number of hydrogen-bond donors (Lipinski definition) is 1. The standard InChI is InChI=1S/C15H17N3O3/c1-4-21-15(20)12-9-16-13(17-14(12)18(2)3)10-6-5-7-11(19)8-10/h5-9,19H,4H2,1-3H3. The zero-order valence-electron chi connectivity index (χ0n) is 12.2. The first-order valence-corrected chi connectivity index (χ1v) is 6.53. The highest BCUT2D eigenvalue weighted by Crippen LogP contribution is 2.24. The van der Waals surface area contributed by atoms with Crippen LogP contribution in [0.25, 0.3) is 11.4 Å². The van der Waals surface area contributed by atoms with Crippen LogP contribution in [0.1, 0.15) is 17.3 Å². The second-order valence-electron chi connectivity index (χ2n) is 4.60. The lowest BCUT2D eigenvalue weighted by Gasteiger charge is -2.16. The topological polar surface area (TPSA) is 75.5 Å².